The van der Waals surface area contributed by atoms with Crippen molar-refractivity contribution in [1.82, 2.24) is 10.6 Å². The molecule has 0 radical (unpaired) electrons. The minimum Gasteiger partial charge on any atom is -0.341 e. The van der Waals surface area contributed by atoms with E-state index in [2.05, 4.69) is 22.5 Å². The van der Waals surface area contributed by atoms with Crippen LogP contribution >= 0.6 is 11.8 Å². The van der Waals surface area contributed by atoms with Crippen molar-refractivity contribution in [2.45, 2.75) is 25.3 Å². The van der Waals surface area contributed by atoms with Crippen molar-refractivity contribution in [3.63, 3.8) is 0 Å². The highest BCUT2D eigenvalue weighted by atomic mass is 32.2. The van der Waals surface area contributed by atoms with E-state index in [9.17, 15) is 4.79 Å². The third-order valence-corrected chi connectivity index (χ3v) is 3.73. The predicted octanol–water partition coefficient (Wildman–Crippen LogP) is 0.347. The van der Waals surface area contributed by atoms with Crippen LogP contribution < -0.4 is 10.6 Å². The van der Waals surface area contributed by atoms with Crippen molar-refractivity contribution in [3.8, 4) is 0 Å². The van der Waals surface area contributed by atoms with Gasteiger partial charge in [-0.15, -0.1) is 0 Å². The standard InChI is InChI=1S/C9H15N3OS/c1-2-4-10-8-11-7(13)9(12-8)3-5-14-6-9/h2-6H2,1H3,(H2,10,11,12,13). The van der Waals surface area contributed by atoms with E-state index in [-0.39, 0.29) is 11.4 Å². The molecule has 1 amide bonds. The number of rotatable bonds is 2. The summed E-state index contributed by atoms with van der Waals surface area (Å²) in [6.45, 7) is 2.84. The molecule has 0 bridgehead atoms. The third-order valence-electron chi connectivity index (χ3n) is 2.54. The van der Waals surface area contributed by atoms with Gasteiger partial charge in [-0.1, -0.05) is 6.92 Å². The Hall–Kier alpha value is -0.710. The quantitative estimate of drug-likeness (QED) is 0.696. The van der Waals surface area contributed by atoms with Gasteiger partial charge in [-0.25, -0.2) is 0 Å². The van der Waals surface area contributed by atoms with Crippen LogP contribution in [0.2, 0.25) is 0 Å². The Kier molecular flexibility index (Phi) is 2.67. The number of nitrogens with one attached hydrogen (secondary N) is 2. The molecule has 2 aliphatic rings. The van der Waals surface area contributed by atoms with Gasteiger partial charge >= 0.3 is 0 Å². The maximum atomic E-state index is 11.7. The van der Waals surface area contributed by atoms with Gasteiger partial charge in [-0.2, -0.15) is 11.8 Å². The van der Waals surface area contributed by atoms with Gasteiger partial charge in [0.1, 0.15) is 5.54 Å². The van der Waals surface area contributed by atoms with E-state index in [0.717, 1.165) is 30.9 Å². The molecule has 1 spiro atoms. The van der Waals surface area contributed by atoms with Gasteiger partial charge in [0.15, 0.2) is 5.96 Å². The van der Waals surface area contributed by atoms with Crippen molar-refractivity contribution in [2.24, 2.45) is 4.99 Å². The highest BCUT2D eigenvalue weighted by Crippen LogP contribution is 2.30. The maximum Gasteiger partial charge on any atom is 0.253 e. The number of carbonyl (C=O) groups is 1. The SMILES string of the molecule is CCCN=C1NC(=O)C2(CCSC2)N1. The number of nitrogens with zero attached hydrogens (tertiary/aromatic N) is 1. The van der Waals surface area contributed by atoms with Crippen molar-refractivity contribution < 1.29 is 4.79 Å². The Balaban J connectivity index is 2.06. The first-order valence-electron chi connectivity index (χ1n) is 4.99. The summed E-state index contributed by atoms with van der Waals surface area (Å²) >= 11 is 1.82. The topological polar surface area (TPSA) is 53.5 Å². The third kappa shape index (κ3) is 1.61. The van der Waals surface area contributed by atoms with E-state index in [4.69, 9.17) is 0 Å². The van der Waals surface area contributed by atoms with Gasteiger partial charge in [0.05, 0.1) is 0 Å². The molecule has 0 aromatic heterocycles. The van der Waals surface area contributed by atoms with E-state index in [1.807, 2.05) is 11.8 Å². The zero-order valence-electron chi connectivity index (χ0n) is 8.30. The van der Waals surface area contributed by atoms with Gasteiger partial charge in [0.2, 0.25) is 0 Å². The van der Waals surface area contributed by atoms with E-state index >= 15 is 0 Å². The lowest BCUT2D eigenvalue weighted by atomic mass is 10.0. The van der Waals surface area contributed by atoms with Crippen molar-refractivity contribution in [1.29, 1.82) is 0 Å². The second-order valence-electron chi connectivity index (χ2n) is 3.69. The average Bonchev–Trinajstić information content (AvgIpc) is 2.74. The largest absolute Gasteiger partial charge is 0.341 e. The summed E-state index contributed by atoms with van der Waals surface area (Å²) in [5.41, 5.74) is -0.350. The molecule has 0 aromatic rings. The fourth-order valence-electron chi connectivity index (χ4n) is 1.69. The Morgan fingerprint density at radius 2 is 2.50 bits per heavy atom. The molecule has 78 valence electrons. The van der Waals surface area contributed by atoms with Crippen molar-refractivity contribution in [2.75, 3.05) is 18.1 Å². The number of carbonyl (C=O) groups excluding carboxylic acids is 1. The first-order chi connectivity index (χ1) is 6.77. The molecule has 5 heteroatoms. The summed E-state index contributed by atoms with van der Waals surface area (Å²) in [5.74, 6) is 2.68. The number of guanidine groups is 1. The Morgan fingerprint density at radius 3 is 3.14 bits per heavy atom. The minimum absolute atomic E-state index is 0.0948. The lowest BCUT2D eigenvalue weighted by molar-refractivity contribution is -0.123. The van der Waals surface area contributed by atoms with E-state index in [0.29, 0.717) is 5.96 Å². The Morgan fingerprint density at radius 1 is 1.64 bits per heavy atom. The van der Waals surface area contributed by atoms with Crippen LogP contribution in [0.3, 0.4) is 0 Å². The summed E-state index contributed by atoms with van der Waals surface area (Å²) in [6, 6.07) is 0. The predicted molar refractivity (Wildman–Crippen MR) is 58.5 cm³/mol. The van der Waals surface area contributed by atoms with Crippen LogP contribution in [0.15, 0.2) is 4.99 Å². The zero-order valence-corrected chi connectivity index (χ0v) is 9.12. The molecule has 4 nitrogen and oxygen atoms in total. The summed E-state index contributed by atoms with van der Waals surface area (Å²) in [5, 5.41) is 6.03. The molecular formula is C9H15N3OS. The van der Waals surface area contributed by atoms with Gasteiger partial charge < -0.3 is 5.32 Å². The monoisotopic (exact) mass is 213 g/mol. The zero-order chi connectivity index (χ0) is 10.0. The first-order valence-corrected chi connectivity index (χ1v) is 6.14. The molecule has 0 aromatic carbocycles. The molecule has 2 rings (SSSR count). The summed E-state index contributed by atoms with van der Waals surface area (Å²) in [7, 11) is 0. The molecule has 2 heterocycles. The molecule has 2 aliphatic heterocycles. The summed E-state index contributed by atoms with van der Waals surface area (Å²) < 4.78 is 0. The molecule has 2 saturated heterocycles. The maximum absolute atomic E-state index is 11.7. The van der Waals surface area contributed by atoms with Crippen LogP contribution in [0.25, 0.3) is 0 Å². The highest BCUT2D eigenvalue weighted by molar-refractivity contribution is 7.99. The molecule has 0 aliphatic carbocycles. The number of hydrogen-bond donors (Lipinski definition) is 2. The fraction of sp³-hybridized carbons (Fsp3) is 0.778. The average molecular weight is 213 g/mol. The Labute approximate surface area is 87.9 Å². The molecule has 0 saturated carbocycles. The smallest absolute Gasteiger partial charge is 0.253 e. The van der Waals surface area contributed by atoms with Gasteiger partial charge in [0, 0.05) is 12.3 Å². The van der Waals surface area contributed by atoms with E-state index in [1.54, 1.807) is 0 Å². The second-order valence-corrected chi connectivity index (χ2v) is 4.80. The molecule has 14 heavy (non-hydrogen) atoms. The minimum atomic E-state index is -0.350. The van der Waals surface area contributed by atoms with Crippen LogP contribution in [0.5, 0.6) is 0 Å². The van der Waals surface area contributed by atoms with Crippen LogP contribution in [0, 0.1) is 0 Å². The number of thioether (sulfide) groups is 1. The fourth-order valence-corrected chi connectivity index (χ4v) is 3.02. The highest BCUT2D eigenvalue weighted by Gasteiger charge is 2.47. The van der Waals surface area contributed by atoms with Gasteiger partial charge in [0.25, 0.3) is 5.91 Å². The van der Waals surface area contributed by atoms with Crippen LogP contribution in [-0.2, 0) is 4.79 Å². The van der Waals surface area contributed by atoms with Crippen molar-refractivity contribution >= 4 is 23.6 Å². The number of aliphatic imine (C=N–C) groups is 1. The van der Waals surface area contributed by atoms with E-state index < -0.39 is 0 Å². The van der Waals surface area contributed by atoms with Crippen LogP contribution in [0.4, 0.5) is 0 Å². The first kappa shape index (κ1) is 9.83. The number of hydrogen-bond acceptors (Lipinski definition) is 3. The van der Waals surface area contributed by atoms with E-state index in [1.165, 1.54) is 0 Å². The molecule has 1 atom stereocenters. The van der Waals surface area contributed by atoms with Crippen LogP contribution in [-0.4, -0.2) is 35.5 Å². The molecule has 2 fully saturated rings. The Bertz CT molecular complexity index is 271. The lowest BCUT2D eigenvalue weighted by Gasteiger charge is -2.17. The lowest BCUT2D eigenvalue weighted by Crippen LogP contribution is -2.46. The molecule has 2 N–H and O–H groups in total. The second kappa shape index (κ2) is 3.81. The van der Waals surface area contributed by atoms with Gasteiger partial charge in [-0.3, -0.25) is 15.1 Å². The molecule has 1 unspecified atom stereocenters. The van der Waals surface area contributed by atoms with Crippen LogP contribution in [0.1, 0.15) is 19.8 Å². The summed E-state index contributed by atoms with van der Waals surface area (Å²) in [6.07, 6.45) is 1.91. The van der Waals surface area contributed by atoms with Crippen molar-refractivity contribution in [3.05, 3.63) is 0 Å². The molecular weight excluding hydrogens is 198 g/mol. The van der Waals surface area contributed by atoms with Gasteiger partial charge in [-0.05, 0) is 18.6 Å². The number of amides is 1. The normalized spacial score (nSPS) is 33.8. The summed E-state index contributed by atoms with van der Waals surface area (Å²) in [4.78, 5) is 16.0.